The van der Waals surface area contributed by atoms with Crippen molar-refractivity contribution in [1.82, 2.24) is 20.5 Å². The lowest BCUT2D eigenvalue weighted by Gasteiger charge is -2.13. The maximum atomic E-state index is 11.7. The Hall–Kier alpha value is -2.41. The first-order valence-electron chi connectivity index (χ1n) is 6.16. The molecule has 0 bridgehead atoms. The van der Waals surface area contributed by atoms with Gasteiger partial charge in [-0.15, -0.1) is 0 Å². The molecule has 1 aromatic carbocycles. The largest absolute Gasteiger partial charge is 0.445 e. The summed E-state index contributed by atoms with van der Waals surface area (Å²) in [5, 5.41) is 18.3. The minimum absolute atomic E-state index is 0.165. The fraction of sp³-hybridized carbons (Fsp3) is 0.308. The van der Waals surface area contributed by atoms with Gasteiger partial charge in [-0.3, -0.25) is 5.10 Å². The van der Waals surface area contributed by atoms with Gasteiger partial charge in [0.1, 0.15) is 18.5 Å². The number of aryl methyl sites for hydroxylation is 1. The molecule has 0 fully saturated rings. The second kappa shape index (κ2) is 6.67. The predicted molar refractivity (Wildman–Crippen MR) is 70.7 cm³/mol. The van der Waals surface area contributed by atoms with Crippen molar-refractivity contribution in [2.45, 2.75) is 19.6 Å². The highest BCUT2D eigenvalue weighted by atomic mass is 16.5. The van der Waals surface area contributed by atoms with Crippen LogP contribution in [-0.4, -0.2) is 33.0 Å². The Kier molecular flexibility index (Phi) is 4.67. The van der Waals surface area contributed by atoms with E-state index in [1.54, 1.807) is 6.92 Å². The maximum Gasteiger partial charge on any atom is 0.408 e. The zero-order valence-electron chi connectivity index (χ0n) is 11.0. The number of rotatable bonds is 5. The van der Waals surface area contributed by atoms with Crippen molar-refractivity contribution in [2.75, 3.05) is 6.61 Å². The van der Waals surface area contributed by atoms with Crippen LogP contribution < -0.4 is 5.32 Å². The van der Waals surface area contributed by atoms with E-state index >= 15 is 0 Å². The number of aliphatic hydroxyl groups excluding tert-OH is 1. The van der Waals surface area contributed by atoms with Gasteiger partial charge in [-0.05, 0) is 12.5 Å². The van der Waals surface area contributed by atoms with E-state index in [0.29, 0.717) is 11.6 Å². The van der Waals surface area contributed by atoms with Crippen LogP contribution in [-0.2, 0) is 11.3 Å². The van der Waals surface area contributed by atoms with E-state index in [1.807, 2.05) is 30.3 Å². The van der Waals surface area contributed by atoms with Crippen LogP contribution in [0, 0.1) is 6.92 Å². The quantitative estimate of drug-likeness (QED) is 0.758. The monoisotopic (exact) mass is 276 g/mol. The van der Waals surface area contributed by atoms with Gasteiger partial charge in [0.05, 0.1) is 6.61 Å². The first kappa shape index (κ1) is 14.0. The summed E-state index contributed by atoms with van der Waals surface area (Å²) >= 11 is 0. The molecule has 0 radical (unpaired) electrons. The molecule has 3 N–H and O–H groups in total. The Balaban J connectivity index is 1.86. The summed E-state index contributed by atoms with van der Waals surface area (Å²) in [6.45, 7) is 1.59. The van der Waals surface area contributed by atoms with Gasteiger partial charge in [-0.1, -0.05) is 30.3 Å². The number of carbonyl (C=O) groups excluding carboxylic acids is 1. The number of amides is 1. The molecule has 7 heteroatoms. The average Bonchev–Trinajstić information content (AvgIpc) is 2.90. The highest BCUT2D eigenvalue weighted by Crippen LogP contribution is 2.07. The molecule has 7 nitrogen and oxygen atoms in total. The van der Waals surface area contributed by atoms with Crippen LogP contribution in [0.4, 0.5) is 4.79 Å². The van der Waals surface area contributed by atoms with Gasteiger partial charge in [0, 0.05) is 0 Å². The second-order valence-electron chi connectivity index (χ2n) is 4.22. The predicted octanol–water partition coefficient (Wildman–Crippen LogP) is 1.07. The molecular formula is C13H16N4O3. The van der Waals surface area contributed by atoms with Crippen LogP contribution in [0.25, 0.3) is 0 Å². The molecule has 0 saturated carbocycles. The Morgan fingerprint density at radius 2 is 2.20 bits per heavy atom. The maximum absolute atomic E-state index is 11.7. The van der Waals surface area contributed by atoms with Gasteiger partial charge in [-0.2, -0.15) is 5.10 Å². The minimum atomic E-state index is -0.691. The zero-order valence-corrected chi connectivity index (χ0v) is 11.0. The fourth-order valence-corrected chi connectivity index (χ4v) is 1.61. The first-order chi connectivity index (χ1) is 9.69. The van der Waals surface area contributed by atoms with E-state index in [-0.39, 0.29) is 13.2 Å². The molecule has 1 aromatic heterocycles. The Labute approximate surface area is 116 Å². The third-order valence-electron chi connectivity index (χ3n) is 2.61. The third-order valence-corrected chi connectivity index (χ3v) is 2.61. The lowest BCUT2D eigenvalue weighted by Crippen LogP contribution is -2.32. The van der Waals surface area contributed by atoms with E-state index in [0.717, 1.165) is 5.56 Å². The number of carbonyl (C=O) groups is 1. The number of ether oxygens (including phenoxy) is 1. The molecule has 0 spiro atoms. The topological polar surface area (TPSA) is 100 Å². The molecule has 2 rings (SSSR count). The molecule has 1 heterocycles. The van der Waals surface area contributed by atoms with E-state index in [9.17, 15) is 9.90 Å². The number of aliphatic hydroxyl groups is 1. The summed E-state index contributed by atoms with van der Waals surface area (Å²) < 4.78 is 5.06. The number of nitrogens with one attached hydrogen (secondary N) is 2. The van der Waals surface area contributed by atoms with E-state index in [4.69, 9.17) is 4.74 Å². The number of alkyl carbamates (subject to hydrolysis) is 1. The molecule has 1 atom stereocenters. The lowest BCUT2D eigenvalue weighted by atomic mass is 10.2. The SMILES string of the molecule is Cc1nc([C@@H](CO)NC(=O)OCc2ccccc2)n[nH]1. The van der Waals surface area contributed by atoms with Crippen molar-refractivity contribution in [3.05, 3.63) is 47.5 Å². The van der Waals surface area contributed by atoms with Crippen LogP contribution in [0.3, 0.4) is 0 Å². The molecule has 0 aliphatic heterocycles. The molecule has 106 valence electrons. The minimum Gasteiger partial charge on any atom is -0.445 e. The van der Waals surface area contributed by atoms with Crippen LogP contribution in [0.5, 0.6) is 0 Å². The molecular weight excluding hydrogens is 260 g/mol. The van der Waals surface area contributed by atoms with Crippen LogP contribution in [0.2, 0.25) is 0 Å². The van der Waals surface area contributed by atoms with Gasteiger partial charge in [0.15, 0.2) is 5.82 Å². The van der Waals surface area contributed by atoms with Crippen molar-refractivity contribution in [1.29, 1.82) is 0 Å². The summed E-state index contributed by atoms with van der Waals surface area (Å²) in [5.41, 5.74) is 0.886. The van der Waals surface area contributed by atoms with Crippen molar-refractivity contribution in [2.24, 2.45) is 0 Å². The van der Waals surface area contributed by atoms with Crippen molar-refractivity contribution >= 4 is 6.09 Å². The van der Waals surface area contributed by atoms with Gasteiger partial charge in [0.25, 0.3) is 0 Å². The summed E-state index contributed by atoms with van der Waals surface area (Å²) in [4.78, 5) is 15.7. The number of hydrogen-bond donors (Lipinski definition) is 3. The molecule has 0 unspecified atom stereocenters. The van der Waals surface area contributed by atoms with Crippen molar-refractivity contribution in [3.8, 4) is 0 Å². The Bertz CT molecular complexity index is 556. The number of hydrogen-bond acceptors (Lipinski definition) is 5. The summed E-state index contributed by atoms with van der Waals surface area (Å²) in [6, 6.07) is 8.64. The molecule has 2 aromatic rings. The highest BCUT2D eigenvalue weighted by molar-refractivity contribution is 5.67. The van der Waals surface area contributed by atoms with Gasteiger partial charge in [0.2, 0.25) is 0 Å². The van der Waals surface area contributed by atoms with E-state index in [2.05, 4.69) is 20.5 Å². The van der Waals surface area contributed by atoms with Crippen LogP contribution >= 0.6 is 0 Å². The van der Waals surface area contributed by atoms with Gasteiger partial charge >= 0.3 is 6.09 Å². The summed E-state index contributed by atoms with van der Waals surface area (Å²) in [5.74, 6) is 0.930. The van der Waals surface area contributed by atoms with E-state index in [1.165, 1.54) is 0 Å². The van der Waals surface area contributed by atoms with Crippen LogP contribution in [0.1, 0.15) is 23.3 Å². The highest BCUT2D eigenvalue weighted by Gasteiger charge is 2.18. The average molecular weight is 276 g/mol. The van der Waals surface area contributed by atoms with E-state index < -0.39 is 12.1 Å². The smallest absolute Gasteiger partial charge is 0.408 e. The Morgan fingerprint density at radius 3 is 2.80 bits per heavy atom. The van der Waals surface area contributed by atoms with Gasteiger partial charge in [-0.25, -0.2) is 9.78 Å². The number of benzene rings is 1. The normalized spacial score (nSPS) is 11.9. The zero-order chi connectivity index (χ0) is 14.4. The second-order valence-corrected chi connectivity index (χ2v) is 4.22. The Morgan fingerprint density at radius 1 is 1.45 bits per heavy atom. The lowest BCUT2D eigenvalue weighted by molar-refractivity contribution is 0.128. The molecule has 20 heavy (non-hydrogen) atoms. The molecule has 1 amide bonds. The summed E-state index contributed by atoms with van der Waals surface area (Å²) in [7, 11) is 0. The summed E-state index contributed by atoms with van der Waals surface area (Å²) in [6.07, 6.45) is -0.629. The van der Waals surface area contributed by atoms with Gasteiger partial charge < -0.3 is 15.2 Å². The number of aromatic amines is 1. The molecule has 0 aliphatic rings. The third kappa shape index (κ3) is 3.79. The molecule has 0 saturated heterocycles. The number of nitrogens with zero attached hydrogens (tertiary/aromatic N) is 2. The van der Waals surface area contributed by atoms with Crippen molar-refractivity contribution in [3.63, 3.8) is 0 Å². The van der Waals surface area contributed by atoms with Crippen LogP contribution in [0.15, 0.2) is 30.3 Å². The standard InChI is InChI=1S/C13H16N4O3/c1-9-14-12(17-16-9)11(7-18)15-13(19)20-8-10-5-3-2-4-6-10/h2-6,11,18H,7-8H2,1H3,(H,15,19)(H,14,16,17)/t11-/m1/s1. The fourth-order valence-electron chi connectivity index (χ4n) is 1.61. The van der Waals surface area contributed by atoms with Crippen molar-refractivity contribution < 1.29 is 14.6 Å². The first-order valence-corrected chi connectivity index (χ1v) is 6.16. The number of aromatic nitrogens is 3. The molecule has 0 aliphatic carbocycles. The number of H-pyrrole nitrogens is 1.